The number of hydrogen-bond donors (Lipinski definition) is 2. The van der Waals surface area contributed by atoms with Gasteiger partial charge in [0.2, 0.25) is 0 Å². The summed E-state index contributed by atoms with van der Waals surface area (Å²) in [4.78, 5) is 9.19. The topological polar surface area (TPSA) is 57.5 Å². The number of carboxylic acids is 1. The maximum Gasteiger partial charge on any atom is 0.331 e. The van der Waals surface area contributed by atoms with Crippen molar-refractivity contribution in [2.24, 2.45) is 0 Å². The summed E-state index contributed by atoms with van der Waals surface area (Å²) in [7, 11) is 0. The first-order chi connectivity index (χ1) is 8.04. The van der Waals surface area contributed by atoms with Crippen LogP contribution in [-0.4, -0.2) is 27.2 Å². The van der Waals surface area contributed by atoms with E-state index in [4.69, 9.17) is 16.7 Å². The Balaban J connectivity index is 2.34. The molecule has 0 spiro atoms. The Morgan fingerprint density at radius 2 is 1.94 bits per heavy atom. The van der Waals surface area contributed by atoms with Gasteiger partial charge in [-0.25, -0.2) is 4.79 Å². The number of rotatable bonds is 2. The van der Waals surface area contributed by atoms with E-state index in [-0.39, 0.29) is 0 Å². The second-order valence-corrected chi connectivity index (χ2v) is 4.46. The van der Waals surface area contributed by atoms with E-state index in [2.05, 4.69) is 0 Å². The zero-order chi connectivity index (χ0) is 12.5. The Morgan fingerprint density at radius 3 is 2.47 bits per heavy atom. The molecule has 2 atom stereocenters. The highest BCUT2D eigenvalue weighted by Crippen LogP contribution is 2.32. The van der Waals surface area contributed by atoms with Gasteiger partial charge in [0.1, 0.15) is 6.10 Å². The largest absolute Gasteiger partial charge is 0.480 e. The molecule has 0 saturated heterocycles. The molecule has 88 valence electrons. The third-order valence-corrected chi connectivity index (χ3v) is 3.22. The van der Waals surface area contributed by atoms with Gasteiger partial charge in [0.25, 0.3) is 0 Å². The summed E-state index contributed by atoms with van der Waals surface area (Å²) in [5.74, 6) is -1.26. The normalized spacial score (nSPS) is 27.6. The second kappa shape index (κ2) is 4.35. The van der Waals surface area contributed by atoms with Crippen molar-refractivity contribution in [2.75, 3.05) is 0 Å². The number of halogens is 1. The van der Waals surface area contributed by atoms with E-state index in [1.165, 1.54) is 12.2 Å². The van der Waals surface area contributed by atoms with Crippen molar-refractivity contribution >= 4 is 23.1 Å². The lowest BCUT2D eigenvalue weighted by Crippen LogP contribution is -2.43. The molecule has 2 rings (SSSR count). The molecule has 0 saturated carbocycles. The molecule has 3 nitrogen and oxygen atoms in total. The summed E-state index contributed by atoms with van der Waals surface area (Å²) in [5, 5.41) is 18.7. The molecule has 4 heteroatoms. The average molecular weight is 251 g/mol. The zero-order valence-corrected chi connectivity index (χ0v) is 9.63. The molecule has 17 heavy (non-hydrogen) atoms. The van der Waals surface area contributed by atoms with Crippen molar-refractivity contribution in [3.05, 3.63) is 54.1 Å². The van der Waals surface area contributed by atoms with Crippen LogP contribution in [0.1, 0.15) is 5.56 Å². The number of aliphatic carboxylic acids is 1. The van der Waals surface area contributed by atoms with E-state index in [1.54, 1.807) is 6.08 Å². The monoisotopic (exact) mass is 250 g/mol. The number of aliphatic hydroxyl groups is 1. The zero-order valence-electron chi connectivity index (χ0n) is 8.88. The van der Waals surface area contributed by atoms with E-state index in [9.17, 15) is 9.90 Å². The average Bonchev–Trinajstić information content (AvgIpc) is 2.33. The van der Waals surface area contributed by atoms with E-state index in [0.29, 0.717) is 0 Å². The second-order valence-electron chi connectivity index (χ2n) is 3.84. The van der Waals surface area contributed by atoms with Crippen molar-refractivity contribution in [3.8, 4) is 0 Å². The molecule has 0 aromatic heterocycles. The van der Waals surface area contributed by atoms with Gasteiger partial charge in [0.15, 0.2) is 4.87 Å². The highest BCUT2D eigenvalue weighted by atomic mass is 35.5. The quantitative estimate of drug-likeness (QED) is 0.790. The molecule has 1 aliphatic rings. The van der Waals surface area contributed by atoms with E-state index in [1.807, 2.05) is 30.3 Å². The summed E-state index contributed by atoms with van der Waals surface area (Å²) in [6.45, 7) is 0. The van der Waals surface area contributed by atoms with Gasteiger partial charge in [-0.1, -0.05) is 48.0 Å². The minimum atomic E-state index is -1.77. The summed E-state index contributed by atoms with van der Waals surface area (Å²) < 4.78 is 0. The first-order valence-corrected chi connectivity index (χ1v) is 5.48. The van der Waals surface area contributed by atoms with E-state index in [0.717, 1.165) is 11.1 Å². The van der Waals surface area contributed by atoms with Gasteiger partial charge in [0.05, 0.1) is 0 Å². The van der Waals surface area contributed by atoms with Crippen LogP contribution in [0.15, 0.2) is 48.6 Å². The molecule has 0 heterocycles. The van der Waals surface area contributed by atoms with Crippen LogP contribution in [0.2, 0.25) is 0 Å². The molecule has 1 aliphatic carbocycles. The first kappa shape index (κ1) is 11.9. The fourth-order valence-corrected chi connectivity index (χ4v) is 1.80. The number of carboxylic acid groups (broad SMARTS) is 1. The number of carbonyl (C=O) groups is 1. The van der Waals surface area contributed by atoms with Crippen LogP contribution in [0.3, 0.4) is 0 Å². The Bertz CT molecular complexity index is 493. The van der Waals surface area contributed by atoms with Crippen LogP contribution in [0.25, 0.3) is 5.57 Å². The van der Waals surface area contributed by atoms with Crippen LogP contribution >= 0.6 is 11.6 Å². The van der Waals surface area contributed by atoms with Gasteiger partial charge in [-0.15, -0.1) is 0 Å². The Morgan fingerprint density at radius 1 is 1.29 bits per heavy atom. The van der Waals surface area contributed by atoms with E-state index < -0.39 is 16.9 Å². The van der Waals surface area contributed by atoms with Crippen molar-refractivity contribution in [1.82, 2.24) is 0 Å². The van der Waals surface area contributed by atoms with Gasteiger partial charge < -0.3 is 10.2 Å². The van der Waals surface area contributed by atoms with Crippen molar-refractivity contribution < 1.29 is 15.0 Å². The molecular weight excluding hydrogens is 240 g/mol. The highest BCUT2D eigenvalue weighted by Gasteiger charge is 2.42. The van der Waals surface area contributed by atoms with E-state index >= 15 is 0 Å². The van der Waals surface area contributed by atoms with Gasteiger partial charge >= 0.3 is 5.97 Å². The molecule has 0 radical (unpaired) electrons. The Kier molecular flexibility index (Phi) is 3.05. The number of allylic oxidation sites excluding steroid dienone is 2. The Hall–Kier alpha value is -1.58. The maximum absolute atomic E-state index is 11.0. The molecular formula is C13H11ClO3. The van der Waals surface area contributed by atoms with Crippen LogP contribution in [0.5, 0.6) is 0 Å². The van der Waals surface area contributed by atoms with Crippen molar-refractivity contribution in [3.63, 3.8) is 0 Å². The minimum Gasteiger partial charge on any atom is -0.480 e. The Labute approximate surface area is 104 Å². The standard InChI is InChI=1S/C13H11ClO3/c14-13(12(16)17)7-6-10(8-11(13)15)9-4-2-1-3-5-9/h1-8,11,15H,(H,16,17). The van der Waals surface area contributed by atoms with Gasteiger partial charge in [-0.05, 0) is 23.3 Å². The predicted octanol–water partition coefficient (Wildman–Crippen LogP) is 2.06. The smallest absolute Gasteiger partial charge is 0.331 e. The number of benzene rings is 1. The first-order valence-electron chi connectivity index (χ1n) is 5.11. The molecule has 1 aromatic carbocycles. The molecule has 0 aliphatic heterocycles. The summed E-state index contributed by atoms with van der Waals surface area (Å²) in [6.07, 6.45) is 3.13. The number of hydrogen-bond acceptors (Lipinski definition) is 2. The maximum atomic E-state index is 11.0. The molecule has 0 amide bonds. The van der Waals surface area contributed by atoms with Crippen molar-refractivity contribution in [2.45, 2.75) is 11.0 Å². The van der Waals surface area contributed by atoms with Crippen LogP contribution in [0, 0.1) is 0 Å². The molecule has 1 aromatic rings. The van der Waals surface area contributed by atoms with Crippen LogP contribution < -0.4 is 0 Å². The third kappa shape index (κ3) is 2.12. The van der Waals surface area contributed by atoms with Crippen LogP contribution in [-0.2, 0) is 4.79 Å². The molecule has 0 fully saturated rings. The lowest BCUT2D eigenvalue weighted by molar-refractivity contribution is -0.140. The molecule has 0 bridgehead atoms. The van der Waals surface area contributed by atoms with Gasteiger partial charge in [0, 0.05) is 0 Å². The fraction of sp³-hybridized carbons (Fsp3) is 0.154. The van der Waals surface area contributed by atoms with Crippen molar-refractivity contribution in [1.29, 1.82) is 0 Å². The SMILES string of the molecule is O=C(O)C1(Cl)C=CC(c2ccccc2)=CC1O. The molecule has 2 N–H and O–H groups in total. The van der Waals surface area contributed by atoms with Crippen LogP contribution in [0.4, 0.5) is 0 Å². The predicted molar refractivity (Wildman–Crippen MR) is 65.8 cm³/mol. The highest BCUT2D eigenvalue weighted by molar-refractivity contribution is 6.36. The lowest BCUT2D eigenvalue weighted by Gasteiger charge is -2.26. The number of aliphatic hydroxyl groups excluding tert-OH is 1. The summed E-state index contributed by atoms with van der Waals surface area (Å²) >= 11 is 5.83. The summed E-state index contributed by atoms with van der Waals surface area (Å²) in [6, 6.07) is 9.39. The molecule has 2 unspecified atom stereocenters. The van der Waals surface area contributed by atoms with Gasteiger partial charge in [-0.2, -0.15) is 0 Å². The number of alkyl halides is 1. The minimum absolute atomic E-state index is 0.760. The summed E-state index contributed by atoms with van der Waals surface area (Å²) in [5.41, 5.74) is 1.67. The van der Waals surface area contributed by atoms with Gasteiger partial charge in [-0.3, -0.25) is 0 Å². The fourth-order valence-electron chi connectivity index (χ4n) is 1.68. The lowest BCUT2D eigenvalue weighted by atomic mass is 9.90. The third-order valence-electron chi connectivity index (χ3n) is 2.71.